The number of nitrogens with one attached hydrogen (secondary N) is 1. The maximum atomic E-state index is 10.6. The van der Waals surface area contributed by atoms with Gasteiger partial charge in [-0.1, -0.05) is 27.7 Å². The molecular weight excluding hydrogens is 230 g/mol. The van der Waals surface area contributed by atoms with Crippen LogP contribution < -0.4 is 11.1 Å². The molecule has 0 fully saturated rings. The van der Waals surface area contributed by atoms with Gasteiger partial charge >= 0.3 is 0 Å². The number of nitro groups is 1. The van der Waals surface area contributed by atoms with Crippen molar-refractivity contribution in [2.24, 2.45) is 11.3 Å². The molecule has 0 heterocycles. The van der Waals surface area contributed by atoms with Crippen LogP contribution in [0.3, 0.4) is 0 Å². The van der Waals surface area contributed by atoms with E-state index in [1.165, 1.54) is 12.1 Å². The number of benzene rings is 1. The van der Waals surface area contributed by atoms with Gasteiger partial charge in [-0.25, -0.2) is 0 Å². The second kappa shape index (κ2) is 5.25. The summed E-state index contributed by atoms with van der Waals surface area (Å²) in [6.07, 6.45) is 0. The molecule has 0 aliphatic heterocycles. The van der Waals surface area contributed by atoms with Gasteiger partial charge in [0.15, 0.2) is 0 Å². The van der Waals surface area contributed by atoms with Crippen molar-refractivity contribution in [2.75, 3.05) is 17.6 Å². The van der Waals surface area contributed by atoms with E-state index in [2.05, 4.69) is 33.0 Å². The normalized spacial score (nSPS) is 11.6. The highest BCUT2D eigenvalue weighted by molar-refractivity contribution is 5.69. The summed E-state index contributed by atoms with van der Waals surface area (Å²) in [6.45, 7) is 9.45. The van der Waals surface area contributed by atoms with Crippen molar-refractivity contribution < 1.29 is 4.92 Å². The minimum Gasteiger partial charge on any atom is -0.397 e. The fourth-order valence-corrected chi connectivity index (χ4v) is 1.35. The van der Waals surface area contributed by atoms with Crippen LogP contribution in [0.4, 0.5) is 17.1 Å². The number of anilines is 2. The highest BCUT2D eigenvalue weighted by Crippen LogP contribution is 2.29. The lowest BCUT2D eigenvalue weighted by molar-refractivity contribution is -0.384. The zero-order valence-corrected chi connectivity index (χ0v) is 11.4. The Labute approximate surface area is 108 Å². The van der Waals surface area contributed by atoms with Crippen LogP contribution in [0.1, 0.15) is 27.7 Å². The summed E-state index contributed by atoms with van der Waals surface area (Å²) >= 11 is 0. The second-order valence-electron chi connectivity index (χ2n) is 5.53. The molecule has 5 heteroatoms. The largest absolute Gasteiger partial charge is 0.397 e. The topological polar surface area (TPSA) is 81.2 Å². The zero-order chi connectivity index (χ0) is 13.9. The third-order valence-electron chi connectivity index (χ3n) is 3.54. The molecule has 0 amide bonds. The molecule has 0 aliphatic carbocycles. The predicted molar refractivity (Wildman–Crippen MR) is 74.6 cm³/mol. The predicted octanol–water partition coefficient (Wildman–Crippen LogP) is 3.27. The minimum atomic E-state index is -0.446. The SMILES string of the molecule is CC(C)C(C)(C)CNc1ccc([N+](=O)[O-])cc1N. The number of hydrogen-bond acceptors (Lipinski definition) is 4. The van der Waals surface area contributed by atoms with E-state index in [0.29, 0.717) is 11.6 Å². The average Bonchev–Trinajstić information content (AvgIpc) is 2.26. The third-order valence-corrected chi connectivity index (χ3v) is 3.54. The van der Waals surface area contributed by atoms with Crippen LogP contribution in [-0.4, -0.2) is 11.5 Å². The van der Waals surface area contributed by atoms with Crippen molar-refractivity contribution in [3.8, 4) is 0 Å². The number of rotatable bonds is 5. The molecule has 0 unspecified atom stereocenters. The molecule has 1 aromatic carbocycles. The van der Waals surface area contributed by atoms with Crippen molar-refractivity contribution >= 4 is 17.1 Å². The quantitative estimate of drug-likeness (QED) is 0.478. The van der Waals surface area contributed by atoms with Gasteiger partial charge in [0, 0.05) is 18.7 Å². The Hall–Kier alpha value is -1.78. The molecule has 3 N–H and O–H groups in total. The van der Waals surface area contributed by atoms with Crippen molar-refractivity contribution in [1.29, 1.82) is 0 Å². The lowest BCUT2D eigenvalue weighted by Gasteiger charge is -2.30. The van der Waals surface area contributed by atoms with Crippen LogP contribution in [-0.2, 0) is 0 Å². The summed E-state index contributed by atoms with van der Waals surface area (Å²) in [5, 5.41) is 13.9. The molecule has 1 aromatic rings. The van der Waals surface area contributed by atoms with Gasteiger partial charge < -0.3 is 11.1 Å². The van der Waals surface area contributed by atoms with Crippen LogP contribution in [0.25, 0.3) is 0 Å². The Morgan fingerprint density at radius 2 is 2.06 bits per heavy atom. The number of hydrogen-bond donors (Lipinski definition) is 2. The summed E-state index contributed by atoms with van der Waals surface area (Å²) < 4.78 is 0. The lowest BCUT2D eigenvalue weighted by Crippen LogP contribution is -2.28. The molecule has 0 aromatic heterocycles. The van der Waals surface area contributed by atoms with E-state index in [1.807, 2.05) is 0 Å². The molecule has 1 rings (SSSR count). The molecule has 0 saturated heterocycles. The molecule has 0 aliphatic rings. The molecule has 0 bridgehead atoms. The Morgan fingerprint density at radius 1 is 1.44 bits per heavy atom. The molecule has 18 heavy (non-hydrogen) atoms. The zero-order valence-electron chi connectivity index (χ0n) is 11.4. The summed E-state index contributed by atoms with van der Waals surface area (Å²) in [7, 11) is 0. The van der Waals surface area contributed by atoms with E-state index in [1.54, 1.807) is 6.07 Å². The molecule has 0 spiro atoms. The van der Waals surface area contributed by atoms with E-state index < -0.39 is 4.92 Å². The van der Waals surface area contributed by atoms with Gasteiger partial charge in [0.2, 0.25) is 0 Å². The molecule has 0 radical (unpaired) electrons. The van der Waals surface area contributed by atoms with Crippen LogP contribution in [0, 0.1) is 21.4 Å². The second-order valence-corrected chi connectivity index (χ2v) is 5.53. The Balaban J connectivity index is 2.78. The summed E-state index contributed by atoms with van der Waals surface area (Å²) in [4.78, 5) is 10.2. The number of nitro benzene ring substituents is 1. The van der Waals surface area contributed by atoms with Crippen molar-refractivity contribution in [1.82, 2.24) is 0 Å². The summed E-state index contributed by atoms with van der Waals surface area (Å²) in [5.74, 6) is 0.532. The minimum absolute atomic E-state index is 0.0150. The fraction of sp³-hybridized carbons (Fsp3) is 0.538. The Bertz CT molecular complexity index is 442. The number of nitrogen functional groups attached to an aromatic ring is 1. The van der Waals surface area contributed by atoms with Gasteiger partial charge in [0.1, 0.15) is 0 Å². The van der Waals surface area contributed by atoms with Crippen molar-refractivity contribution in [3.05, 3.63) is 28.3 Å². The highest BCUT2D eigenvalue weighted by Gasteiger charge is 2.22. The van der Waals surface area contributed by atoms with E-state index >= 15 is 0 Å². The van der Waals surface area contributed by atoms with Crippen LogP contribution in [0.2, 0.25) is 0 Å². The van der Waals surface area contributed by atoms with Crippen molar-refractivity contribution in [3.63, 3.8) is 0 Å². The molecule has 5 nitrogen and oxygen atoms in total. The Kier molecular flexibility index (Phi) is 4.16. The molecule has 0 saturated carbocycles. The first-order chi connectivity index (χ1) is 8.24. The maximum absolute atomic E-state index is 10.6. The van der Waals surface area contributed by atoms with Gasteiger partial charge in [-0.15, -0.1) is 0 Å². The van der Waals surface area contributed by atoms with E-state index in [0.717, 1.165) is 12.2 Å². The number of non-ortho nitro benzene ring substituents is 1. The standard InChI is InChI=1S/C13H21N3O2/c1-9(2)13(3,4)8-15-12-6-5-10(16(17)18)7-11(12)14/h5-7,9,15H,8,14H2,1-4H3. The van der Waals surface area contributed by atoms with Crippen LogP contribution >= 0.6 is 0 Å². The van der Waals surface area contributed by atoms with Crippen LogP contribution in [0.5, 0.6) is 0 Å². The first-order valence-electron chi connectivity index (χ1n) is 6.02. The monoisotopic (exact) mass is 251 g/mol. The van der Waals surface area contributed by atoms with Gasteiger partial charge in [0.25, 0.3) is 5.69 Å². The highest BCUT2D eigenvalue weighted by atomic mass is 16.6. The fourth-order valence-electron chi connectivity index (χ4n) is 1.35. The lowest BCUT2D eigenvalue weighted by atomic mass is 9.81. The number of nitrogens with zero attached hydrogens (tertiary/aromatic N) is 1. The molecular formula is C13H21N3O2. The first-order valence-corrected chi connectivity index (χ1v) is 6.02. The Morgan fingerprint density at radius 3 is 2.50 bits per heavy atom. The molecule has 0 atom stereocenters. The maximum Gasteiger partial charge on any atom is 0.271 e. The van der Waals surface area contributed by atoms with E-state index in [-0.39, 0.29) is 11.1 Å². The number of nitrogens with two attached hydrogens (primary N) is 1. The third kappa shape index (κ3) is 3.35. The smallest absolute Gasteiger partial charge is 0.271 e. The van der Waals surface area contributed by atoms with Gasteiger partial charge in [-0.3, -0.25) is 10.1 Å². The van der Waals surface area contributed by atoms with Gasteiger partial charge in [-0.2, -0.15) is 0 Å². The summed E-state index contributed by atoms with van der Waals surface area (Å²) in [6, 6.07) is 4.50. The van der Waals surface area contributed by atoms with Crippen LogP contribution in [0.15, 0.2) is 18.2 Å². The molecule has 100 valence electrons. The van der Waals surface area contributed by atoms with Gasteiger partial charge in [0.05, 0.1) is 16.3 Å². The average molecular weight is 251 g/mol. The van der Waals surface area contributed by atoms with Crippen molar-refractivity contribution in [2.45, 2.75) is 27.7 Å². The van der Waals surface area contributed by atoms with E-state index in [9.17, 15) is 10.1 Å². The first kappa shape index (κ1) is 14.3. The van der Waals surface area contributed by atoms with Gasteiger partial charge in [-0.05, 0) is 17.4 Å². The summed E-state index contributed by atoms with van der Waals surface area (Å²) in [5.41, 5.74) is 7.10. The van der Waals surface area contributed by atoms with E-state index in [4.69, 9.17) is 5.73 Å².